The molecule has 0 bridgehead atoms. The first-order chi connectivity index (χ1) is 14.1. The summed E-state index contributed by atoms with van der Waals surface area (Å²) in [4.78, 5) is 33.8. The number of hydrogen-bond acceptors (Lipinski definition) is 5. The van der Waals surface area contributed by atoms with Crippen LogP contribution >= 0.6 is 11.3 Å². The number of amides is 1. The van der Waals surface area contributed by atoms with E-state index in [2.05, 4.69) is 16.0 Å². The van der Waals surface area contributed by atoms with Crippen LogP contribution in [-0.4, -0.2) is 53.2 Å². The molecule has 150 valence electrons. The van der Waals surface area contributed by atoms with Gasteiger partial charge in [-0.05, 0) is 38.1 Å². The number of Topliss-reactive ketones (excluding diaryl/α,β-unsaturated/α-hetero) is 1. The fourth-order valence-corrected chi connectivity index (χ4v) is 4.80. The molecule has 6 heteroatoms. The number of likely N-dealkylation sites (N-methyl/N-ethyl adjacent to an activating group) is 1. The minimum atomic E-state index is 0.0595. The molecule has 1 aromatic heterocycles. The lowest BCUT2D eigenvalue weighted by atomic mass is 9.89. The molecule has 29 heavy (non-hydrogen) atoms. The highest BCUT2D eigenvalue weighted by molar-refractivity contribution is 7.18. The van der Waals surface area contributed by atoms with Crippen LogP contribution in [0, 0.1) is 5.92 Å². The van der Waals surface area contributed by atoms with Gasteiger partial charge in [-0.1, -0.05) is 42.5 Å². The van der Waals surface area contributed by atoms with Gasteiger partial charge < -0.3 is 4.90 Å². The standard InChI is InChI=1S/C23H25N3O2S/c1-25(15-21-24-19-9-5-6-10-20(19)29-21)22(27)16-26-13-11-18(12-14-26)23(28)17-7-3-2-4-8-17/h2-10,18H,11-16H2,1H3. The lowest BCUT2D eigenvalue weighted by Crippen LogP contribution is -2.43. The number of ketones is 1. The molecular weight excluding hydrogens is 382 g/mol. The molecule has 3 aromatic rings. The van der Waals surface area contributed by atoms with Gasteiger partial charge in [-0.2, -0.15) is 0 Å². The number of nitrogens with zero attached hydrogens (tertiary/aromatic N) is 3. The van der Waals surface area contributed by atoms with E-state index in [0.29, 0.717) is 13.1 Å². The quantitative estimate of drug-likeness (QED) is 0.583. The number of benzene rings is 2. The molecule has 1 saturated heterocycles. The smallest absolute Gasteiger partial charge is 0.236 e. The van der Waals surface area contributed by atoms with Gasteiger partial charge in [0.1, 0.15) is 5.01 Å². The van der Waals surface area contributed by atoms with Gasteiger partial charge >= 0.3 is 0 Å². The molecule has 4 rings (SSSR count). The van der Waals surface area contributed by atoms with Crippen LogP contribution in [0.2, 0.25) is 0 Å². The van der Waals surface area contributed by atoms with E-state index < -0.39 is 0 Å². The number of hydrogen-bond donors (Lipinski definition) is 0. The van der Waals surface area contributed by atoms with Crippen LogP contribution in [0.1, 0.15) is 28.2 Å². The van der Waals surface area contributed by atoms with Crippen molar-refractivity contribution in [1.82, 2.24) is 14.8 Å². The van der Waals surface area contributed by atoms with Crippen LogP contribution < -0.4 is 0 Å². The van der Waals surface area contributed by atoms with Crippen LogP contribution in [0.4, 0.5) is 0 Å². The first-order valence-corrected chi connectivity index (χ1v) is 10.8. The Morgan fingerprint density at radius 3 is 2.48 bits per heavy atom. The average molecular weight is 408 g/mol. The number of rotatable bonds is 6. The average Bonchev–Trinajstić information content (AvgIpc) is 3.16. The molecule has 0 unspecified atom stereocenters. The number of aromatic nitrogens is 1. The Hall–Kier alpha value is -2.57. The Morgan fingerprint density at radius 1 is 1.07 bits per heavy atom. The second-order valence-electron chi connectivity index (χ2n) is 7.61. The summed E-state index contributed by atoms with van der Waals surface area (Å²) >= 11 is 1.63. The predicted octanol–water partition coefficient (Wildman–Crippen LogP) is 3.85. The van der Waals surface area contributed by atoms with Gasteiger partial charge in [0.2, 0.25) is 5.91 Å². The zero-order valence-electron chi connectivity index (χ0n) is 16.6. The van der Waals surface area contributed by atoms with Gasteiger partial charge in [0, 0.05) is 18.5 Å². The molecular formula is C23H25N3O2S. The number of para-hydroxylation sites is 1. The van der Waals surface area contributed by atoms with Crippen molar-refractivity contribution in [1.29, 1.82) is 0 Å². The summed E-state index contributed by atoms with van der Waals surface area (Å²) in [7, 11) is 1.83. The first kappa shape index (κ1) is 19.7. The Balaban J connectivity index is 1.27. The van der Waals surface area contributed by atoms with Crippen molar-refractivity contribution in [3.05, 3.63) is 65.2 Å². The summed E-state index contributed by atoms with van der Waals surface area (Å²) in [5.41, 5.74) is 1.77. The minimum absolute atomic E-state index is 0.0595. The lowest BCUT2D eigenvalue weighted by Gasteiger charge is -2.31. The largest absolute Gasteiger partial charge is 0.338 e. The minimum Gasteiger partial charge on any atom is -0.338 e. The zero-order chi connectivity index (χ0) is 20.2. The van der Waals surface area contributed by atoms with E-state index in [4.69, 9.17) is 0 Å². The first-order valence-electron chi connectivity index (χ1n) is 10.00. The maximum absolute atomic E-state index is 12.7. The van der Waals surface area contributed by atoms with Crippen LogP contribution in [0.25, 0.3) is 10.2 Å². The molecule has 0 spiro atoms. The van der Waals surface area contributed by atoms with Crippen LogP contribution in [-0.2, 0) is 11.3 Å². The molecule has 0 aliphatic carbocycles. The fraction of sp³-hybridized carbons (Fsp3) is 0.348. The van der Waals surface area contributed by atoms with E-state index >= 15 is 0 Å². The third-order valence-electron chi connectivity index (χ3n) is 5.51. The Kier molecular flexibility index (Phi) is 6.02. The number of carbonyl (C=O) groups excluding carboxylic acids is 2. The van der Waals surface area contributed by atoms with Crippen molar-refractivity contribution in [3.8, 4) is 0 Å². The van der Waals surface area contributed by atoms with Crippen molar-refractivity contribution in [2.45, 2.75) is 19.4 Å². The van der Waals surface area contributed by atoms with E-state index in [1.54, 1.807) is 16.2 Å². The van der Waals surface area contributed by atoms with Crippen molar-refractivity contribution in [2.75, 3.05) is 26.7 Å². The SMILES string of the molecule is CN(Cc1nc2ccccc2s1)C(=O)CN1CCC(C(=O)c2ccccc2)CC1. The highest BCUT2D eigenvalue weighted by Gasteiger charge is 2.27. The number of fused-ring (bicyclic) bond motifs is 1. The van der Waals surface area contributed by atoms with Crippen molar-refractivity contribution in [3.63, 3.8) is 0 Å². The fourth-order valence-electron chi connectivity index (χ4n) is 3.78. The molecule has 0 N–H and O–H groups in total. The Labute approximate surface area is 175 Å². The number of thiazole rings is 1. The molecule has 1 aliphatic heterocycles. The molecule has 5 nitrogen and oxygen atoms in total. The van der Waals surface area contributed by atoms with Gasteiger partial charge in [0.05, 0.1) is 23.3 Å². The van der Waals surface area contributed by atoms with Crippen LogP contribution in [0.15, 0.2) is 54.6 Å². The van der Waals surface area contributed by atoms with Crippen molar-refractivity contribution >= 4 is 33.2 Å². The lowest BCUT2D eigenvalue weighted by molar-refractivity contribution is -0.131. The number of carbonyl (C=O) groups is 2. The molecule has 2 heterocycles. The van der Waals surface area contributed by atoms with Gasteiger partial charge in [-0.3, -0.25) is 14.5 Å². The maximum atomic E-state index is 12.7. The summed E-state index contributed by atoms with van der Waals surface area (Å²) in [6.07, 6.45) is 1.62. The zero-order valence-corrected chi connectivity index (χ0v) is 17.4. The molecule has 0 radical (unpaired) electrons. The number of piperidine rings is 1. The van der Waals surface area contributed by atoms with Crippen molar-refractivity contribution in [2.24, 2.45) is 5.92 Å². The monoisotopic (exact) mass is 407 g/mol. The van der Waals surface area contributed by atoms with E-state index in [0.717, 1.165) is 46.7 Å². The van der Waals surface area contributed by atoms with Gasteiger partial charge in [0.15, 0.2) is 5.78 Å². The third kappa shape index (κ3) is 4.71. The summed E-state index contributed by atoms with van der Waals surface area (Å²) in [6, 6.07) is 17.5. The van der Waals surface area contributed by atoms with E-state index in [1.807, 2.05) is 55.6 Å². The van der Waals surface area contributed by atoms with E-state index in [-0.39, 0.29) is 17.6 Å². The molecule has 1 aliphatic rings. The summed E-state index contributed by atoms with van der Waals surface area (Å²) < 4.78 is 1.15. The molecule has 0 atom stereocenters. The van der Waals surface area contributed by atoms with Crippen molar-refractivity contribution < 1.29 is 9.59 Å². The normalized spacial score (nSPS) is 15.5. The van der Waals surface area contributed by atoms with E-state index in [1.165, 1.54) is 0 Å². The van der Waals surface area contributed by atoms with E-state index in [9.17, 15) is 9.59 Å². The van der Waals surface area contributed by atoms with Crippen LogP contribution in [0.3, 0.4) is 0 Å². The van der Waals surface area contributed by atoms with Crippen LogP contribution in [0.5, 0.6) is 0 Å². The molecule has 1 fully saturated rings. The summed E-state index contributed by atoms with van der Waals surface area (Å²) in [5.74, 6) is 0.380. The predicted molar refractivity (Wildman–Crippen MR) is 116 cm³/mol. The van der Waals surface area contributed by atoms with Gasteiger partial charge in [-0.25, -0.2) is 4.98 Å². The highest BCUT2D eigenvalue weighted by Crippen LogP contribution is 2.23. The topological polar surface area (TPSA) is 53.5 Å². The van der Waals surface area contributed by atoms with Gasteiger partial charge in [-0.15, -0.1) is 11.3 Å². The highest BCUT2D eigenvalue weighted by atomic mass is 32.1. The maximum Gasteiger partial charge on any atom is 0.236 e. The summed E-state index contributed by atoms with van der Waals surface area (Å²) in [5, 5.41) is 0.953. The second-order valence-corrected chi connectivity index (χ2v) is 8.72. The van der Waals surface area contributed by atoms with Gasteiger partial charge in [0.25, 0.3) is 0 Å². The number of likely N-dealkylation sites (tertiary alicyclic amines) is 1. The summed E-state index contributed by atoms with van der Waals surface area (Å²) in [6.45, 7) is 2.49. The molecule has 2 aromatic carbocycles. The Morgan fingerprint density at radius 2 is 1.76 bits per heavy atom. The molecule has 0 saturated carbocycles. The third-order valence-corrected chi connectivity index (χ3v) is 6.53. The Bertz CT molecular complexity index is 961. The molecule has 1 amide bonds. The second kappa shape index (κ2) is 8.84.